The molecule has 340 valence electrons. The Morgan fingerprint density at radius 1 is 0.750 bits per heavy atom. The third kappa shape index (κ3) is 8.49. The number of H-pyrrole nitrogens is 1. The summed E-state index contributed by atoms with van der Waals surface area (Å²) in [5.41, 5.74) is 6.54. The number of aliphatic imine (C=N–C) groups is 1. The van der Waals surface area contributed by atoms with Gasteiger partial charge in [0.15, 0.2) is 0 Å². The van der Waals surface area contributed by atoms with E-state index in [9.17, 15) is 19.2 Å². The molecule has 0 radical (unpaired) electrons. The predicted octanol–water partition coefficient (Wildman–Crippen LogP) is 6.65. The van der Waals surface area contributed by atoms with E-state index in [1.54, 1.807) is 0 Å². The highest BCUT2D eigenvalue weighted by atomic mass is 16.5. The molecule has 6 aliphatic rings. The Labute approximate surface area is 373 Å². The van der Waals surface area contributed by atoms with E-state index in [0.717, 1.165) is 76.4 Å². The maximum Gasteiger partial charge on any atom is 0.407 e. The maximum absolute atomic E-state index is 14.1. The summed E-state index contributed by atoms with van der Waals surface area (Å²) < 4.78 is 27.5. The smallest absolute Gasteiger partial charge is 0.407 e. The number of aromatic nitrogens is 2. The van der Waals surface area contributed by atoms with Crippen LogP contribution in [-0.2, 0) is 34.0 Å². The van der Waals surface area contributed by atoms with E-state index in [0.29, 0.717) is 77.4 Å². The number of rotatable bonds is 10. The van der Waals surface area contributed by atoms with E-state index < -0.39 is 29.7 Å². The summed E-state index contributed by atoms with van der Waals surface area (Å²) in [4.78, 5) is 69.9. The Morgan fingerprint density at radius 3 is 1.97 bits per heavy atom. The van der Waals surface area contributed by atoms with Gasteiger partial charge in [-0.2, -0.15) is 0 Å². The molecule has 3 N–H and O–H groups in total. The van der Waals surface area contributed by atoms with Crippen LogP contribution in [0, 0.1) is 11.8 Å². The van der Waals surface area contributed by atoms with Crippen LogP contribution in [0.2, 0.25) is 0 Å². The molecule has 0 unspecified atom stereocenters. The van der Waals surface area contributed by atoms with Crippen molar-refractivity contribution in [3.63, 3.8) is 0 Å². The molecule has 4 saturated heterocycles. The number of nitrogens with zero attached hydrogens (tertiary/aromatic N) is 4. The van der Waals surface area contributed by atoms with E-state index in [1.807, 2.05) is 34.3 Å². The van der Waals surface area contributed by atoms with E-state index in [-0.39, 0.29) is 35.7 Å². The number of alkyl carbamates (subject to hydrolysis) is 2. The lowest BCUT2D eigenvalue weighted by Gasteiger charge is -2.35. The summed E-state index contributed by atoms with van der Waals surface area (Å²) in [5, 5.41) is 5.67. The molecule has 1 aromatic heterocycles. The molecule has 3 aromatic rings. The lowest BCUT2D eigenvalue weighted by molar-refractivity contribution is -0.137. The number of carbonyl (C=O) groups excluding carboxylic acids is 4. The molecular formula is C48H59N7O9. The summed E-state index contributed by atoms with van der Waals surface area (Å²) in [7, 11) is 2.62. The van der Waals surface area contributed by atoms with Crippen LogP contribution in [0.3, 0.4) is 0 Å². The van der Waals surface area contributed by atoms with Crippen molar-refractivity contribution in [2.75, 3.05) is 53.7 Å². The van der Waals surface area contributed by atoms with Crippen LogP contribution in [0.1, 0.15) is 100 Å². The summed E-state index contributed by atoms with van der Waals surface area (Å²) in [5.74, 6) is 2.00. The summed E-state index contributed by atoms with van der Waals surface area (Å²) in [6.07, 6.45) is 9.17. The quantitative estimate of drug-likeness (QED) is 0.199. The minimum Gasteiger partial charge on any atom is -0.457 e. The van der Waals surface area contributed by atoms with Gasteiger partial charge in [-0.05, 0) is 98.6 Å². The summed E-state index contributed by atoms with van der Waals surface area (Å²) >= 11 is 0. The number of fused-ring (bicyclic) bond motifs is 2. The van der Waals surface area contributed by atoms with Crippen molar-refractivity contribution in [3.8, 4) is 22.8 Å². The van der Waals surface area contributed by atoms with Gasteiger partial charge in [-0.15, -0.1) is 0 Å². The minimum absolute atomic E-state index is 0.0249. The number of amides is 4. The van der Waals surface area contributed by atoms with E-state index >= 15 is 0 Å². The molecule has 2 aromatic carbocycles. The number of nitrogens with one attached hydrogen (secondary N) is 3. The third-order valence-electron chi connectivity index (χ3n) is 14.3. The third-order valence-corrected chi connectivity index (χ3v) is 14.3. The van der Waals surface area contributed by atoms with Crippen LogP contribution in [-0.4, -0.2) is 121 Å². The molecule has 0 bridgehead atoms. The Balaban J connectivity index is 0.879. The largest absolute Gasteiger partial charge is 0.457 e. The molecule has 4 atom stereocenters. The van der Waals surface area contributed by atoms with Crippen LogP contribution in [0.5, 0.6) is 11.5 Å². The number of aromatic amines is 1. The molecule has 64 heavy (non-hydrogen) atoms. The van der Waals surface area contributed by atoms with Gasteiger partial charge < -0.3 is 49.1 Å². The number of ether oxygens (including phenoxy) is 5. The van der Waals surface area contributed by atoms with Gasteiger partial charge in [0.05, 0.1) is 38.2 Å². The molecule has 7 heterocycles. The zero-order valence-corrected chi connectivity index (χ0v) is 37.2. The molecule has 0 saturated carbocycles. The van der Waals surface area contributed by atoms with Crippen molar-refractivity contribution < 1.29 is 42.9 Å². The van der Waals surface area contributed by atoms with Gasteiger partial charge >= 0.3 is 12.2 Å². The van der Waals surface area contributed by atoms with Crippen LogP contribution >= 0.6 is 0 Å². The van der Waals surface area contributed by atoms with Crippen LogP contribution in [0.15, 0.2) is 53.8 Å². The number of methoxy groups -OCH3 is 2. The molecule has 0 spiro atoms. The monoisotopic (exact) mass is 877 g/mol. The molecule has 4 fully saturated rings. The highest BCUT2D eigenvalue weighted by molar-refractivity contribution is 6.04. The molecule has 16 heteroatoms. The molecule has 4 amide bonds. The van der Waals surface area contributed by atoms with Gasteiger partial charge in [-0.25, -0.2) is 14.6 Å². The maximum atomic E-state index is 14.1. The van der Waals surface area contributed by atoms with Crippen LogP contribution in [0.4, 0.5) is 9.59 Å². The standard InChI is InChI=1S/C48H59N7O9/c1-48(2)33-11-9-30(32-24-35(49-26-32)37-7-5-17-54(37)44(56)41(52-46(58)60-3)28-13-19-62-20-14-28)25-40(33)64-39-12-10-31(23-34(39)48)36-27-50-43(51-36)38-8-6-18-55(38)45(57)42(53-47(59)61-4)29-15-21-63-22-16-29/h9-12,23,25-29,37-38,41-42H,5-8,13-22,24H2,1-4H3,(H,50,51)(H,52,58)(H,53,59)/t37-,38-,41-,42-/m0/s1. The highest BCUT2D eigenvalue weighted by Crippen LogP contribution is 2.50. The van der Waals surface area contributed by atoms with Gasteiger partial charge in [-0.3, -0.25) is 14.6 Å². The van der Waals surface area contributed by atoms with Crippen molar-refractivity contribution >= 4 is 35.3 Å². The fourth-order valence-electron chi connectivity index (χ4n) is 10.6. The first-order valence-corrected chi connectivity index (χ1v) is 22.8. The highest BCUT2D eigenvalue weighted by Gasteiger charge is 2.43. The second kappa shape index (κ2) is 18.4. The molecular weight excluding hydrogens is 819 g/mol. The molecule has 9 rings (SSSR count). The Kier molecular flexibility index (Phi) is 12.5. The summed E-state index contributed by atoms with van der Waals surface area (Å²) in [6, 6.07) is 10.8. The number of hydrogen-bond donors (Lipinski definition) is 3. The lowest BCUT2D eigenvalue weighted by Crippen LogP contribution is -2.55. The Hall–Kier alpha value is -5.74. The molecule has 16 nitrogen and oxygen atoms in total. The minimum atomic E-state index is -0.700. The number of allylic oxidation sites excluding steroid dienone is 1. The first-order valence-electron chi connectivity index (χ1n) is 22.8. The molecule has 6 aliphatic heterocycles. The number of carbonyl (C=O) groups is 4. The zero-order chi connectivity index (χ0) is 44.5. The van der Waals surface area contributed by atoms with Gasteiger partial charge in [0.25, 0.3) is 0 Å². The SMILES string of the molecule is COC(=O)N[C@H](C(=O)N1CCC[C@H]1C1=NC=C(c2ccc3c(c2)Oc2ccc(-c4cnc([C@@H]5CCCN5C(=O)[C@@H](NC(=O)OC)C5CCOCC5)[nH]4)cc2C3(C)C)C1)C1CCOCC1. The average molecular weight is 878 g/mol. The number of hydrogen-bond acceptors (Lipinski definition) is 11. The van der Waals surface area contributed by atoms with E-state index in [2.05, 4.69) is 53.7 Å². The summed E-state index contributed by atoms with van der Waals surface area (Å²) in [6.45, 7) is 7.83. The van der Waals surface area contributed by atoms with Crippen molar-refractivity contribution in [2.45, 2.75) is 101 Å². The fourth-order valence-corrected chi connectivity index (χ4v) is 10.6. The number of imidazole rings is 1. The topological polar surface area (TPSA) is 186 Å². The van der Waals surface area contributed by atoms with Crippen molar-refractivity contribution in [1.82, 2.24) is 30.4 Å². The van der Waals surface area contributed by atoms with Crippen LogP contribution in [0.25, 0.3) is 16.8 Å². The van der Waals surface area contributed by atoms with Gasteiger partial charge in [-0.1, -0.05) is 26.0 Å². The second-order valence-electron chi connectivity index (χ2n) is 18.3. The number of likely N-dealkylation sites (tertiary alicyclic amines) is 2. The van der Waals surface area contributed by atoms with Gasteiger partial charge in [0.2, 0.25) is 11.8 Å². The van der Waals surface area contributed by atoms with Crippen molar-refractivity contribution in [1.29, 1.82) is 0 Å². The van der Waals surface area contributed by atoms with E-state index in [1.165, 1.54) is 14.2 Å². The lowest BCUT2D eigenvalue weighted by atomic mass is 9.75. The molecule has 0 aliphatic carbocycles. The van der Waals surface area contributed by atoms with Crippen molar-refractivity contribution in [2.24, 2.45) is 16.8 Å². The fraction of sp³-hybridized carbons (Fsp3) is 0.542. The Bertz CT molecular complexity index is 2330. The first kappa shape index (κ1) is 43.5. The first-order chi connectivity index (χ1) is 31.0. The normalized spacial score (nSPS) is 22.9. The van der Waals surface area contributed by atoms with E-state index in [4.69, 9.17) is 33.7 Å². The predicted molar refractivity (Wildman–Crippen MR) is 237 cm³/mol. The zero-order valence-electron chi connectivity index (χ0n) is 37.2. The van der Waals surface area contributed by atoms with Gasteiger partial charge in [0.1, 0.15) is 29.4 Å². The van der Waals surface area contributed by atoms with Crippen molar-refractivity contribution in [3.05, 3.63) is 71.3 Å². The number of benzene rings is 2. The van der Waals surface area contributed by atoms with Gasteiger partial charge in [0, 0.05) is 80.0 Å². The second-order valence-corrected chi connectivity index (χ2v) is 18.3. The Morgan fingerprint density at radius 2 is 1.34 bits per heavy atom. The van der Waals surface area contributed by atoms with Crippen LogP contribution < -0.4 is 15.4 Å². The average Bonchev–Trinajstić information content (AvgIpc) is 4.17.